The molecule has 9 heteroatoms. The number of carbonyl (C=O) groups is 1. The zero-order valence-electron chi connectivity index (χ0n) is 16.1. The molecular formula is C21H18N4O4S. The fraction of sp³-hybridized carbons (Fsp3) is 0.143. The molecule has 8 nitrogen and oxygen atoms in total. The Morgan fingerprint density at radius 1 is 1.17 bits per heavy atom. The van der Waals surface area contributed by atoms with Gasteiger partial charge in [-0.3, -0.25) is 4.31 Å². The fourth-order valence-corrected chi connectivity index (χ4v) is 5.09. The predicted octanol–water partition coefficient (Wildman–Crippen LogP) is 2.47. The van der Waals surface area contributed by atoms with E-state index in [2.05, 4.69) is 0 Å². The number of sulfonamides is 1. The Labute approximate surface area is 173 Å². The molecule has 0 aliphatic carbocycles. The topological polar surface area (TPSA) is 118 Å². The van der Waals surface area contributed by atoms with Gasteiger partial charge in [-0.25, -0.2) is 13.2 Å². The molecule has 0 radical (unpaired) electrons. The van der Waals surface area contributed by atoms with Crippen LogP contribution in [0, 0.1) is 11.3 Å². The summed E-state index contributed by atoms with van der Waals surface area (Å²) in [6, 6.07) is 15.4. The lowest BCUT2D eigenvalue weighted by atomic mass is 10.2. The molecule has 2 N–H and O–H groups in total. The summed E-state index contributed by atoms with van der Waals surface area (Å²) in [6.45, 7) is 0.385. The molecule has 0 atom stereocenters. The van der Waals surface area contributed by atoms with Crippen LogP contribution in [0.15, 0.2) is 59.6 Å². The first-order valence-corrected chi connectivity index (χ1v) is 10.5. The minimum absolute atomic E-state index is 0.00900. The molecule has 0 bridgehead atoms. The zero-order valence-corrected chi connectivity index (χ0v) is 16.9. The zero-order chi connectivity index (χ0) is 21.5. The molecule has 3 aromatic rings. The van der Waals surface area contributed by atoms with Crippen molar-refractivity contribution in [3.05, 3.63) is 71.5 Å². The first-order chi connectivity index (χ1) is 14.4. The molecule has 2 aromatic carbocycles. The summed E-state index contributed by atoms with van der Waals surface area (Å²) < 4.78 is 33.9. The van der Waals surface area contributed by atoms with Crippen LogP contribution in [0.4, 0.5) is 11.4 Å². The van der Waals surface area contributed by atoms with Gasteiger partial charge in [0.1, 0.15) is 6.07 Å². The van der Waals surface area contributed by atoms with Crippen LogP contribution in [0.1, 0.15) is 21.6 Å². The van der Waals surface area contributed by atoms with Gasteiger partial charge in [0.2, 0.25) is 0 Å². The van der Waals surface area contributed by atoms with Crippen LogP contribution in [0.25, 0.3) is 5.69 Å². The summed E-state index contributed by atoms with van der Waals surface area (Å²) in [6.07, 6.45) is 2.08. The van der Waals surface area contributed by atoms with Crippen molar-refractivity contribution in [3.8, 4) is 11.8 Å². The van der Waals surface area contributed by atoms with Crippen LogP contribution in [-0.2, 0) is 21.2 Å². The first-order valence-electron chi connectivity index (χ1n) is 9.09. The molecule has 0 spiro atoms. The Morgan fingerprint density at radius 2 is 1.87 bits per heavy atom. The number of hydrogen-bond donors (Lipinski definition) is 1. The number of aromatic nitrogens is 1. The number of methoxy groups -OCH3 is 1. The lowest BCUT2D eigenvalue weighted by molar-refractivity contribution is 0.0593. The number of nitriles is 1. The van der Waals surface area contributed by atoms with Gasteiger partial charge in [0.25, 0.3) is 10.0 Å². The number of nitrogen functional groups attached to an aromatic ring is 1. The summed E-state index contributed by atoms with van der Waals surface area (Å²) in [5, 5.41) is 9.23. The molecule has 0 saturated heterocycles. The molecular weight excluding hydrogens is 404 g/mol. The van der Waals surface area contributed by atoms with Crippen LogP contribution in [-0.4, -0.2) is 32.6 Å². The van der Waals surface area contributed by atoms with Gasteiger partial charge in [0, 0.05) is 18.4 Å². The van der Waals surface area contributed by atoms with E-state index >= 15 is 0 Å². The van der Waals surface area contributed by atoms with Crippen LogP contribution in [0.3, 0.4) is 0 Å². The molecule has 30 heavy (non-hydrogen) atoms. The minimum Gasteiger partial charge on any atom is -0.464 e. The molecule has 1 aromatic heterocycles. The van der Waals surface area contributed by atoms with Crippen molar-refractivity contribution in [1.29, 1.82) is 5.26 Å². The SMILES string of the molecule is COC(=O)c1c(N)c(C#N)cn1-c1ccc(S(=O)(=O)N2CCc3ccccc32)cc1. The predicted molar refractivity (Wildman–Crippen MR) is 111 cm³/mol. The number of anilines is 2. The van der Waals surface area contributed by atoms with E-state index in [-0.39, 0.29) is 21.8 Å². The average Bonchev–Trinajstić information content (AvgIpc) is 3.34. The Hall–Kier alpha value is -3.77. The van der Waals surface area contributed by atoms with Gasteiger partial charge in [0.05, 0.1) is 28.9 Å². The van der Waals surface area contributed by atoms with Gasteiger partial charge in [-0.1, -0.05) is 18.2 Å². The Morgan fingerprint density at radius 3 is 2.53 bits per heavy atom. The largest absolute Gasteiger partial charge is 0.464 e. The van der Waals surface area contributed by atoms with E-state index in [1.807, 2.05) is 24.3 Å². The average molecular weight is 422 g/mol. The van der Waals surface area contributed by atoms with Crippen molar-refractivity contribution < 1.29 is 17.9 Å². The van der Waals surface area contributed by atoms with E-state index < -0.39 is 16.0 Å². The number of rotatable bonds is 4. The van der Waals surface area contributed by atoms with Crippen molar-refractivity contribution in [2.24, 2.45) is 0 Å². The van der Waals surface area contributed by atoms with Crippen molar-refractivity contribution in [1.82, 2.24) is 4.57 Å². The van der Waals surface area contributed by atoms with Crippen molar-refractivity contribution >= 4 is 27.4 Å². The van der Waals surface area contributed by atoms with Crippen molar-refractivity contribution in [2.75, 3.05) is 23.7 Å². The fourth-order valence-electron chi connectivity index (χ4n) is 3.58. The van der Waals surface area contributed by atoms with E-state index in [1.165, 1.54) is 34.3 Å². The molecule has 0 amide bonds. The van der Waals surface area contributed by atoms with Crippen LogP contribution in [0.5, 0.6) is 0 Å². The highest BCUT2D eigenvalue weighted by Crippen LogP contribution is 2.33. The monoisotopic (exact) mass is 422 g/mol. The molecule has 4 rings (SSSR count). The lowest BCUT2D eigenvalue weighted by Crippen LogP contribution is -2.29. The van der Waals surface area contributed by atoms with Gasteiger partial charge in [-0.2, -0.15) is 5.26 Å². The van der Waals surface area contributed by atoms with Gasteiger partial charge < -0.3 is 15.0 Å². The molecule has 1 aliphatic heterocycles. The van der Waals surface area contributed by atoms with Crippen LogP contribution < -0.4 is 10.0 Å². The first kappa shape index (κ1) is 19.5. The highest BCUT2D eigenvalue weighted by Gasteiger charge is 2.30. The third-order valence-corrected chi connectivity index (χ3v) is 6.92. The Bertz CT molecular complexity index is 1290. The van der Waals surface area contributed by atoms with Gasteiger partial charge >= 0.3 is 5.97 Å². The standard InChI is InChI=1S/C21H18N4O4S/c1-29-21(26)20-19(23)15(12-22)13-24(20)16-6-8-17(9-7-16)30(27,28)25-11-10-14-4-2-3-5-18(14)25/h2-9,13H,10-11,23H2,1H3. The number of esters is 1. The summed E-state index contributed by atoms with van der Waals surface area (Å²) in [5.41, 5.74) is 8.21. The van der Waals surface area contributed by atoms with E-state index in [9.17, 15) is 18.5 Å². The second-order valence-electron chi connectivity index (χ2n) is 6.73. The third kappa shape index (κ3) is 2.98. The van der Waals surface area contributed by atoms with E-state index in [4.69, 9.17) is 10.5 Å². The summed E-state index contributed by atoms with van der Waals surface area (Å²) >= 11 is 0. The number of nitrogens with two attached hydrogens (primary N) is 1. The summed E-state index contributed by atoms with van der Waals surface area (Å²) in [5.74, 6) is -0.695. The molecule has 152 valence electrons. The third-order valence-electron chi connectivity index (χ3n) is 5.09. The second kappa shape index (κ2) is 7.24. The quantitative estimate of drug-likeness (QED) is 0.645. The molecule has 2 heterocycles. The van der Waals surface area contributed by atoms with Crippen LogP contribution in [0.2, 0.25) is 0 Å². The van der Waals surface area contributed by atoms with Crippen molar-refractivity contribution in [2.45, 2.75) is 11.3 Å². The number of ether oxygens (including phenoxy) is 1. The number of carbonyl (C=O) groups excluding carboxylic acids is 1. The number of fused-ring (bicyclic) bond motifs is 1. The summed E-state index contributed by atoms with van der Waals surface area (Å²) in [4.78, 5) is 12.3. The van der Waals surface area contributed by atoms with Crippen LogP contribution >= 0.6 is 0 Å². The maximum Gasteiger partial charge on any atom is 0.357 e. The molecule has 0 unspecified atom stereocenters. The molecule has 0 saturated carbocycles. The highest BCUT2D eigenvalue weighted by molar-refractivity contribution is 7.92. The van der Waals surface area contributed by atoms with E-state index in [0.717, 1.165) is 5.56 Å². The van der Waals surface area contributed by atoms with E-state index in [0.29, 0.717) is 24.3 Å². The number of hydrogen-bond acceptors (Lipinski definition) is 6. The molecule has 1 aliphatic rings. The Balaban J connectivity index is 1.73. The number of nitrogens with zero attached hydrogens (tertiary/aromatic N) is 3. The maximum absolute atomic E-state index is 13.2. The summed E-state index contributed by atoms with van der Waals surface area (Å²) in [7, 11) is -2.52. The lowest BCUT2D eigenvalue weighted by Gasteiger charge is -2.20. The van der Waals surface area contributed by atoms with Gasteiger partial charge in [-0.05, 0) is 42.3 Å². The highest BCUT2D eigenvalue weighted by atomic mass is 32.2. The maximum atomic E-state index is 13.2. The van der Waals surface area contributed by atoms with Crippen molar-refractivity contribution in [3.63, 3.8) is 0 Å². The molecule has 0 fully saturated rings. The number of para-hydroxylation sites is 1. The van der Waals surface area contributed by atoms with Gasteiger partial charge in [0.15, 0.2) is 5.69 Å². The Kier molecular flexibility index (Phi) is 4.72. The second-order valence-corrected chi connectivity index (χ2v) is 8.59. The van der Waals surface area contributed by atoms with E-state index in [1.54, 1.807) is 18.2 Å². The minimum atomic E-state index is -3.73. The smallest absolute Gasteiger partial charge is 0.357 e. The normalized spacial score (nSPS) is 13.0. The number of benzene rings is 2. The van der Waals surface area contributed by atoms with Gasteiger partial charge in [-0.15, -0.1) is 0 Å².